The van der Waals surface area contributed by atoms with Gasteiger partial charge in [0, 0.05) is 18.0 Å². The number of furan rings is 1. The van der Waals surface area contributed by atoms with Crippen molar-refractivity contribution in [3.8, 4) is 0 Å². The van der Waals surface area contributed by atoms with Gasteiger partial charge in [0.25, 0.3) is 0 Å². The maximum absolute atomic E-state index is 14.5. The molecule has 1 N–H and O–H groups in total. The van der Waals surface area contributed by atoms with E-state index in [4.69, 9.17) is 4.42 Å². The molecule has 3 heteroatoms. The van der Waals surface area contributed by atoms with Gasteiger partial charge in [-0.25, -0.2) is 4.39 Å². The van der Waals surface area contributed by atoms with Gasteiger partial charge in [0.1, 0.15) is 5.67 Å². The van der Waals surface area contributed by atoms with Crippen LogP contribution in [-0.4, -0.2) is 13.1 Å². The molecule has 0 aliphatic carbocycles. The Morgan fingerprint density at radius 2 is 2.36 bits per heavy atom. The monoisotopic (exact) mass is 197 g/mol. The van der Waals surface area contributed by atoms with Gasteiger partial charge in [0.2, 0.25) is 0 Å². The van der Waals surface area contributed by atoms with Crippen LogP contribution in [0.4, 0.5) is 4.39 Å². The summed E-state index contributed by atoms with van der Waals surface area (Å²) in [5.74, 6) is 0.0683. The van der Waals surface area contributed by atoms with Gasteiger partial charge >= 0.3 is 0 Å². The second kappa shape index (κ2) is 3.39. The third-order valence-corrected chi connectivity index (χ3v) is 3.21. The summed E-state index contributed by atoms with van der Waals surface area (Å²) in [7, 11) is 0. The summed E-state index contributed by atoms with van der Waals surface area (Å²) in [4.78, 5) is 0. The van der Waals surface area contributed by atoms with Crippen molar-refractivity contribution in [2.45, 2.75) is 25.9 Å². The lowest BCUT2D eigenvalue weighted by Gasteiger charge is -2.26. The van der Waals surface area contributed by atoms with Crippen molar-refractivity contribution in [1.29, 1.82) is 0 Å². The Morgan fingerprint density at radius 1 is 1.57 bits per heavy atom. The second-order valence-corrected chi connectivity index (χ2v) is 4.23. The van der Waals surface area contributed by atoms with E-state index in [9.17, 15) is 4.39 Å². The van der Waals surface area contributed by atoms with Crippen LogP contribution in [0.15, 0.2) is 16.9 Å². The fourth-order valence-corrected chi connectivity index (χ4v) is 2.20. The summed E-state index contributed by atoms with van der Waals surface area (Å²) in [5.41, 5.74) is 0.341. The van der Waals surface area contributed by atoms with Crippen LogP contribution in [0.2, 0.25) is 0 Å². The molecule has 0 amide bonds. The average Bonchev–Trinajstić information content (AvgIpc) is 2.72. The van der Waals surface area contributed by atoms with E-state index < -0.39 is 5.67 Å². The van der Waals surface area contributed by atoms with Crippen molar-refractivity contribution in [3.63, 3.8) is 0 Å². The summed E-state index contributed by atoms with van der Waals surface area (Å²) < 4.78 is 19.6. The van der Waals surface area contributed by atoms with Crippen LogP contribution in [-0.2, 0) is 5.67 Å². The maximum atomic E-state index is 14.5. The van der Waals surface area contributed by atoms with Gasteiger partial charge in [-0.15, -0.1) is 0 Å². The SMILES string of the molecule is Cc1cocc1C(C)(F)C1CCNC1. The fraction of sp³-hybridized carbons (Fsp3) is 0.636. The molecule has 2 nitrogen and oxygen atoms in total. The Balaban J connectivity index is 2.26. The van der Waals surface area contributed by atoms with Gasteiger partial charge in [-0.2, -0.15) is 0 Å². The van der Waals surface area contributed by atoms with E-state index >= 15 is 0 Å². The van der Waals surface area contributed by atoms with E-state index in [0.29, 0.717) is 5.56 Å². The molecule has 0 radical (unpaired) electrons. The standard InChI is InChI=1S/C11H16FNO/c1-8-6-14-7-10(8)11(2,12)9-3-4-13-5-9/h6-7,9,13H,3-5H2,1-2H3. The smallest absolute Gasteiger partial charge is 0.140 e. The first-order valence-corrected chi connectivity index (χ1v) is 5.05. The molecule has 78 valence electrons. The summed E-state index contributed by atoms with van der Waals surface area (Å²) in [6.07, 6.45) is 4.04. The lowest BCUT2D eigenvalue weighted by atomic mass is 9.84. The predicted octanol–water partition coefficient (Wildman–Crippen LogP) is 2.38. The fourth-order valence-electron chi connectivity index (χ4n) is 2.20. The summed E-state index contributed by atoms with van der Waals surface area (Å²) in [6.45, 7) is 5.22. The second-order valence-electron chi connectivity index (χ2n) is 4.23. The van der Waals surface area contributed by atoms with Crippen molar-refractivity contribution >= 4 is 0 Å². The first-order chi connectivity index (χ1) is 6.62. The molecular formula is C11H16FNO. The Bertz CT molecular complexity index is 313. The van der Waals surface area contributed by atoms with E-state index in [1.54, 1.807) is 13.2 Å². The van der Waals surface area contributed by atoms with Gasteiger partial charge in [-0.05, 0) is 32.4 Å². The van der Waals surface area contributed by atoms with E-state index in [1.165, 1.54) is 6.26 Å². The quantitative estimate of drug-likeness (QED) is 0.787. The van der Waals surface area contributed by atoms with Gasteiger partial charge in [0.05, 0.1) is 12.5 Å². The molecule has 2 heterocycles. The van der Waals surface area contributed by atoms with E-state index in [-0.39, 0.29) is 5.92 Å². The van der Waals surface area contributed by atoms with Crippen molar-refractivity contribution in [3.05, 3.63) is 23.7 Å². The number of hydrogen-bond acceptors (Lipinski definition) is 2. The maximum Gasteiger partial charge on any atom is 0.140 e. The highest BCUT2D eigenvalue weighted by molar-refractivity contribution is 5.27. The molecule has 2 rings (SSSR count). The number of halogens is 1. The molecule has 0 aromatic carbocycles. The Labute approximate surface area is 83.5 Å². The van der Waals surface area contributed by atoms with E-state index in [2.05, 4.69) is 5.32 Å². The minimum Gasteiger partial charge on any atom is -0.472 e. The first-order valence-electron chi connectivity index (χ1n) is 5.05. The highest BCUT2D eigenvalue weighted by atomic mass is 19.1. The van der Waals surface area contributed by atoms with Crippen LogP contribution in [0.25, 0.3) is 0 Å². The number of alkyl halides is 1. The topological polar surface area (TPSA) is 25.2 Å². The summed E-state index contributed by atoms with van der Waals surface area (Å²) in [5, 5.41) is 3.19. The molecule has 0 saturated carbocycles. The third kappa shape index (κ3) is 1.46. The normalized spacial score (nSPS) is 26.4. The van der Waals surface area contributed by atoms with E-state index in [0.717, 1.165) is 25.1 Å². The summed E-state index contributed by atoms with van der Waals surface area (Å²) >= 11 is 0. The number of rotatable bonds is 2. The molecule has 1 aromatic rings. The molecule has 1 aromatic heterocycles. The van der Waals surface area contributed by atoms with Gasteiger partial charge in [-0.3, -0.25) is 0 Å². The lowest BCUT2D eigenvalue weighted by molar-refractivity contribution is 0.111. The molecule has 2 atom stereocenters. The Hall–Kier alpha value is -0.830. The zero-order valence-electron chi connectivity index (χ0n) is 8.64. The zero-order chi connectivity index (χ0) is 10.2. The van der Waals surface area contributed by atoms with Gasteiger partial charge in [-0.1, -0.05) is 0 Å². The average molecular weight is 197 g/mol. The molecule has 1 aliphatic heterocycles. The summed E-state index contributed by atoms with van der Waals surface area (Å²) in [6, 6.07) is 0. The zero-order valence-corrected chi connectivity index (χ0v) is 8.64. The van der Waals surface area contributed by atoms with Crippen LogP contribution in [0.3, 0.4) is 0 Å². The number of hydrogen-bond donors (Lipinski definition) is 1. The van der Waals surface area contributed by atoms with Crippen LogP contribution in [0.5, 0.6) is 0 Å². The lowest BCUT2D eigenvalue weighted by Crippen LogP contribution is -2.29. The third-order valence-electron chi connectivity index (χ3n) is 3.21. The van der Waals surface area contributed by atoms with Crippen molar-refractivity contribution in [1.82, 2.24) is 5.32 Å². The number of nitrogens with one attached hydrogen (secondary N) is 1. The minimum atomic E-state index is -1.26. The highest BCUT2D eigenvalue weighted by Crippen LogP contribution is 2.38. The predicted molar refractivity (Wildman–Crippen MR) is 52.9 cm³/mol. The van der Waals surface area contributed by atoms with Crippen LogP contribution in [0, 0.1) is 12.8 Å². The van der Waals surface area contributed by atoms with E-state index in [1.807, 2.05) is 6.92 Å². The Morgan fingerprint density at radius 3 is 2.86 bits per heavy atom. The van der Waals surface area contributed by atoms with Gasteiger partial charge in [0.15, 0.2) is 0 Å². The van der Waals surface area contributed by atoms with Crippen LogP contribution in [0.1, 0.15) is 24.5 Å². The molecule has 1 fully saturated rings. The van der Waals surface area contributed by atoms with Crippen LogP contribution >= 0.6 is 0 Å². The molecule has 14 heavy (non-hydrogen) atoms. The molecule has 0 bridgehead atoms. The molecule has 2 unspecified atom stereocenters. The minimum absolute atomic E-state index is 0.0683. The first kappa shape index (κ1) is 9.71. The molecule has 1 aliphatic rings. The molecule has 1 saturated heterocycles. The van der Waals surface area contributed by atoms with Crippen molar-refractivity contribution in [2.24, 2.45) is 5.92 Å². The highest BCUT2D eigenvalue weighted by Gasteiger charge is 2.39. The van der Waals surface area contributed by atoms with Crippen molar-refractivity contribution in [2.75, 3.05) is 13.1 Å². The van der Waals surface area contributed by atoms with Crippen LogP contribution < -0.4 is 5.32 Å². The molecule has 0 spiro atoms. The molecular weight excluding hydrogens is 181 g/mol. The largest absolute Gasteiger partial charge is 0.472 e. The Kier molecular flexibility index (Phi) is 2.35. The van der Waals surface area contributed by atoms with Gasteiger partial charge < -0.3 is 9.73 Å². The number of aryl methyl sites for hydroxylation is 1. The van der Waals surface area contributed by atoms with Crippen molar-refractivity contribution < 1.29 is 8.81 Å².